The van der Waals surface area contributed by atoms with Gasteiger partial charge >= 0.3 is 6.09 Å². The summed E-state index contributed by atoms with van der Waals surface area (Å²) < 4.78 is 0. The standard InChI is InChI=1S/C7H10N2O2S/c10-7(11)9-2-5-1-8-4-12-6(5)3-9/h4-6H,1-3H2,(H,10,11). The van der Waals surface area contributed by atoms with Gasteiger partial charge in [-0.1, -0.05) is 0 Å². The van der Waals surface area contributed by atoms with Gasteiger partial charge in [0.2, 0.25) is 0 Å². The second-order valence-electron chi connectivity index (χ2n) is 3.09. The molecule has 0 aromatic heterocycles. The van der Waals surface area contributed by atoms with E-state index < -0.39 is 6.09 Å². The molecule has 2 aliphatic heterocycles. The molecule has 0 spiro atoms. The highest BCUT2D eigenvalue weighted by atomic mass is 32.2. The third-order valence-electron chi connectivity index (χ3n) is 2.30. The van der Waals surface area contributed by atoms with E-state index in [1.165, 1.54) is 4.90 Å². The molecule has 2 unspecified atom stereocenters. The Labute approximate surface area is 74.7 Å². The summed E-state index contributed by atoms with van der Waals surface area (Å²) in [6.45, 7) is 2.11. The van der Waals surface area contributed by atoms with Crippen molar-refractivity contribution < 1.29 is 9.90 Å². The summed E-state index contributed by atoms with van der Waals surface area (Å²) in [7, 11) is 0. The quantitative estimate of drug-likeness (QED) is 0.607. The summed E-state index contributed by atoms with van der Waals surface area (Å²) >= 11 is 1.66. The van der Waals surface area contributed by atoms with Crippen molar-refractivity contribution >= 4 is 23.4 Å². The SMILES string of the molecule is O=C(O)N1CC2CN=CSC2C1. The Hall–Kier alpha value is -0.710. The number of hydrogen-bond donors (Lipinski definition) is 1. The number of amides is 1. The van der Waals surface area contributed by atoms with Crippen LogP contribution in [0.25, 0.3) is 0 Å². The average Bonchev–Trinajstić information content (AvgIpc) is 2.46. The normalized spacial score (nSPS) is 33.5. The zero-order valence-electron chi connectivity index (χ0n) is 6.51. The summed E-state index contributed by atoms with van der Waals surface area (Å²) in [5, 5.41) is 9.18. The second-order valence-corrected chi connectivity index (χ2v) is 4.18. The van der Waals surface area contributed by atoms with Gasteiger partial charge in [-0.05, 0) is 0 Å². The van der Waals surface area contributed by atoms with Crippen molar-refractivity contribution in [1.82, 2.24) is 4.90 Å². The Balaban J connectivity index is 2.02. The topological polar surface area (TPSA) is 52.9 Å². The Morgan fingerprint density at radius 3 is 3.17 bits per heavy atom. The highest BCUT2D eigenvalue weighted by molar-refractivity contribution is 8.12. The van der Waals surface area contributed by atoms with Crippen LogP contribution < -0.4 is 0 Å². The molecule has 1 N–H and O–H groups in total. The lowest BCUT2D eigenvalue weighted by Crippen LogP contribution is -2.27. The molecule has 2 atom stereocenters. The Morgan fingerprint density at radius 1 is 1.67 bits per heavy atom. The zero-order valence-corrected chi connectivity index (χ0v) is 7.33. The number of hydrogen-bond acceptors (Lipinski definition) is 3. The van der Waals surface area contributed by atoms with Crippen LogP contribution in [0.15, 0.2) is 4.99 Å². The summed E-state index contributed by atoms with van der Waals surface area (Å²) in [4.78, 5) is 16.2. The summed E-state index contributed by atoms with van der Waals surface area (Å²) in [6.07, 6.45) is -0.801. The number of likely N-dealkylation sites (tertiary alicyclic amines) is 1. The van der Waals surface area contributed by atoms with Crippen LogP contribution in [0.1, 0.15) is 0 Å². The van der Waals surface area contributed by atoms with Gasteiger partial charge in [-0.2, -0.15) is 0 Å². The van der Waals surface area contributed by atoms with Crippen molar-refractivity contribution in [2.24, 2.45) is 10.9 Å². The second kappa shape index (κ2) is 2.97. The maximum atomic E-state index is 10.6. The molecule has 1 saturated heterocycles. The lowest BCUT2D eigenvalue weighted by Gasteiger charge is -2.16. The van der Waals surface area contributed by atoms with Crippen molar-refractivity contribution in [3.8, 4) is 0 Å². The third kappa shape index (κ3) is 1.29. The Morgan fingerprint density at radius 2 is 2.50 bits per heavy atom. The zero-order chi connectivity index (χ0) is 8.55. The first-order valence-electron chi connectivity index (χ1n) is 3.89. The fourth-order valence-corrected chi connectivity index (χ4v) is 2.62. The van der Waals surface area contributed by atoms with Crippen LogP contribution in [-0.2, 0) is 0 Å². The van der Waals surface area contributed by atoms with E-state index in [1.54, 1.807) is 11.8 Å². The van der Waals surface area contributed by atoms with Crippen LogP contribution in [0.2, 0.25) is 0 Å². The lowest BCUT2D eigenvalue weighted by atomic mass is 10.1. The van der Waals surface area contributed by atoms with Gasteiger partial charge in [-0.25, -0.2) is 4.79 Å². The van der Waals surface area contributed by atoms with E-state index >= 15 is 0 Å². The molecular weight excluding hydrogens is 176 g/mol. The van der Waals surface area contributed by atoms with E-state index in [2.05, 4.69) is 4.99 Å². The fourth-order valence-electron chi connectivity index (χ4n) is 1.63. The van der Waals surface area contributed by atoms with Crippen LogP contribution in [0.5, 0.6) is 0 Å². The predicted octanol–water partition coefficient (Wildman–Crippen LogP) is 0.740. The summed E-state index contributed by atoms with van der Waals surface area (Å²) in [5.41, 5.74) is 1.84. The molecule has 1 amide bonds. The molecule has 4 nitrogen and oxygen atoms in total. The van der Waals surface area contributed by atoms with Gasteiger partial charge in [-0.3, -0.25) is 4.99 Å². The third-order valence-corrected chi connectivity index (χ3v) is 3.46. The van der Waals surface area contributed by atoms with Crippen LogP contribution in [0.3, 0.4) is 0 Å². The van der Waals surface area contributed by atoms with Crippen LogP contribution in [0, 0.1) is 5.92 Å². The molecule has 2 heterocycles. The predicted molar refractivity (Wildman–Crippen MR) is 47.8 cm³/mol. The van der Waals surface area contributed by atoms with Crippen LogP contribution >= 0.6 is 11.8 Å². The number of carboxylic acid groups (broad SMARTS) is 1. The smallest absolute Gasteiger partial charge is 0.407 e. The molecule has 1 fully saturated rings. The highest BCUT2D eigenvalue weighted by Crippen LogP contribution is 2.29. The van der Waals surface area contributed by atoms with Gasteiger partial charge in [0.1, 0.15) is 0 Å². The van der Waals surface area contributed by atoms with Gasteiger partial charge in [-0.15, -0.1) is 11.8 Å². The molecule has 0 radical (unpaired) electrons. The Bertz CT molecular complexity index is 215. The largest absolute Gasteiger partial charge is 0.465 e. The first kappa shape index (κ1) is 7.91. The number of nitrogens with zero attached hydrogens (tertiary/aromatic N) is 2. The molecule has 2 aliphatic rings. The van der Waals surface area contributed by atoms with E-state index in [0.29, 0.717) is 24.3 Å². The van der Waals surface area contributed by atoms with E-state index in [-0.39, 0.29) is 0 Å². The van der Waals surface area contributed by atoms with Crippen molar-refractivity contribution in [2.75, 3.05) is 19.6 Å². The van der Waals surface area contributed by atoms with Crippen molar-refractivity contribution in [3.63, 3.8) is 0 Å². The molecule has 0 aliphatic carbocycles. The van der Waals surface area contributed by atoms with E-state index in [9.17, 15) is 4.79 Å². The maximum absolute atomic E-state index is 10.6. The Kier molecular flexibility index (Phi) is 1.96. The average molecular weight is 186 g/mol. The number of rotatable bonds is 0. The first-order chi connectivity index (χ1) is 5.77. The number of thioether (sulfide) groups is 1. The van der Waals surface area contributed by atoms with Crippen LogP contribution in [-0.4, -0.2) is 46.5 Å². The number of fused-ring (bicyclic) bond motifs is 1. The molecule has 2 rings (SSSR count). The van der Waals surface area contributed by atoms with Gasteiger partial charge < -0.3 is 10.0 Å². The van der Waals surface area contributed by atoms with Crippen molar-refractivity contribution in [3.05, 3.63) is 0 Å². The summed E-state index contributed by atoms with van der Waals surface area (Å²) in [5.74, 6) is 0.441. The molecule has 0 bridgehead atoms. The van der Waals surface area contributed by atoms with Crippen molar-refractivity contribution in [2.45, 2.75) is 5.25 Å². The molecule has 5 heteroatoms. The highest BCUT2D eigenvalue weighted by Gasteiger charge is 2.36. The molecular formula is C7H10N2O2S. The lowest BCUT2D eigenvalue weighted by molar-refractivity contribution is 0.154. The van der Waals surface area contributed by atoms with Gasteiger partial charge in [0.15, 0.2) is 0 Å². The molecule has 0 aromatic rings. The van der Waals surface area contributed by atoms with Gasteiger partial charge in [0.25, 0.3) is 0 Å². The first-order valence-corrected chi connectivity index (χ1v) is 4.83. The molecule has 12 heavy (non-hydrogen) atoms. The monoisotopic (exact) mass is 186 g/mol. The van der Waals surface area contributed by atoms with Crippen LogP contribution in [0.4, 0.5) is 4.79 Å². The van der Waals surface area contributed by atoms with E-state index in [0.717, 1.165) is 6.54 Å². The maximum Gasteiger partial charge on any atom is 0.407 e. The minimum absolute atomic E-state index is 0.441. The number of aliphatic imine (C=N–C) groups is 1. The van der Waals surface area contributed by atoms with E-state index in [1.807, 2.05) is 5.55 Å². The minimum atomic E-state index is -0.801. The van der Waals surface area contributed by atoms with E-state index in [4.69, 9.17) is 5.11 Å². The van der Waals surface area contributed by atoms with Gasteiger partial charge in [0.05, 0.1) is 5.55 Å². The van der Waals surface area contributed by atoms with Gasteiger partial charge in [0, 0.05) is 30.8 Å². The molecule has 0 aromatic carbocycles. The number of carbonyl (C=O) groups is 1. The molecule has 0 saturated carbocycles. The minimum Gasteiger partial charge on any atom is -0.465 e. The summed E-state index contributed by atoms with van der Waals surface area (Å²) in [6, 6.07) is 0. The van der Waals surface area contributed by atoms with Crippen molar-refractivity contribution in [1.29, 1.82) is 0 Å². The molecule has 66 valence electrons. The fraction of sp³-hybridized carbons (Fsp3) is 0.714.